The molecule has 2 atom stereocenters. The number of hydrogen-bond acceptors (Lipinski definition) is 4. The Hall–Kier alpha value is -0.160. The van der Waals surface area contributed by atoms with E-state index in [2.05, 4.69) is 51.6 Å². The molecule has 2 unspecified atom stereocenters. The molecule has 0 bridgehead atoms. The Bertz CT molecular complexity index is 219. The monoisotopic (exact) mass is 273 g/mol. The van der Waals surface area contributed by atoms with E-state index in [9.17, 15) is 5.11 Å². The molecule has 0 aliphatic rings. The van der Waals surface area contributed by atoms with E-state index in [0.717, 1.165) is 26.1 Å². The lowest BCUT2D eigenvalue weighted by Gasteiger charge is -2.36. The summed E-state index contributed by atoms with van der Waals surface area (Å²) >= 11 is 0. The smallest absolute Gasteiger partial charge is 0.0601 e. The summed E-state index contributed by atoms with van der Waals surface area (Å²) in [6.07, 6.45) is 0.960. The van der Waals surface area contributed by atoms with E-state index in [1.54, 1.807) is 0 Å². The summed E-state index contributed by atoms with van der Waals surface area (Å²) < 4.78 is 0. The van der Waals surface area contributed by atoms with Crippen molar-refractivity contribution in [1.82, 2.24) is 9.80 Å². The highest BCUT2D eigenvalue weighted by molar-refractivity contribution is 4.83. The van der Waals surface area contributed by atoms with Crippen LogP contribution in [0.5, 0.6) is 0 Å². The van der Waals surface area contributed by atoms with E-state index in [-0.39, 0.29) is 18.7 Å². The Kier molecular flexibility index (Phi) is 9.62. The van der Waals surface area contributed by atoms with Crippen LogP contribution < -0.4 is 5.73 Å². The molecule has 0 rings (SSSR count). The summed E-state index contributed by atoms with van der Waals surface area (Å²) in [6.45, 7) is 11.9. The molecule has 0 radical (unpaired) electrons. The molecule has 0 aromatic rings. The minimum Gasteiger partial charge on any atom is -0.395 e. The molecule has 0 amide bonds. The standard InChI is InChI=1S/C15H35N3O/c1-12(2)9-14(16)15(11-19)18(10-13(3)4)8-7-17(5)6/h12-15,19H,7-11,16H2,1-6H3. The molecule has 0 aliphatic heterocycles. The van der Waals surface area contributed by atoms with Gasteiger partial charge >= 0.3 is 0 Å². The molecule has 19 heavy (non-hydrogen) atoms. The van der Waals surface area contributed by atoms with Crippen LogP contribution in [0.2, 0.25) is 0 Å². The van der Waals surface area contributed by atoms with Gasteiger partial charge in [-0.1, -0.05) is 27.7 Å². The summed E-state index contributed by atoms with van der Waals surface area (Å²) in [7, 11) is 4.16. The fourth-order valence-electron chi connectivity index (χ4n) is 2.41. The molecule has 0 heterocycles. The van der Waals surface area contributed by atoms with Gasteiger partial charge in [-0.25, -0.2) is 0 Å². The third-order valence-corrected chi connectivity index (χ3v) is 3.33. The summed E-state index contributed by atoms with van der Waals surface area (Å²) in [4.78, 5) is 4.54. The first-order valence-electron chi connectivity index (χ1n) is 7.53. The number of rotatable bonds is 10. The van der Waals surface area contributed by atoms with E-state index >= 15 is 0 Å². The number of aliphatic hydroxyl groups excluding tert-OH is 1. The minimum absolute atomic E-state index is 0.0471. The lowest BCUT2D eigenvalue weighted by Crippen LogP contribution is -2.53. The number of likely N-dealkylation sites (N-methyl/N-ethyl adjacent to an activating group) is 1. The van der Waals surface area contributed by atoms with Gasteiger partial charge in [-0.2, -0.15) is 0 Å². The molecule has 0 spiro atoms. The number of aliphatic hydroxyl groups is 1. The van der Waals surface area contributed by atoms with Crippen molar-refractivity contribution in [1.29, 1.82) is 0 Å². The van der Waals surface area contributed by atoms with Gasteiger partial charge in [0.25, 0.3) is 0 Å². The molecular weight excluding hydrogens is 238 g/mol. The quantitative estimate of drug-likeness (QED) is 0.629. The van der Waals surface area contributed by atoms with Crippen LogP contribution in [0.4, 0.5) is 0 Å². The Labute approximate surface area is 120 Å². The van der Waals surface area contributed by atoms with Crippen LogP contribution in [-0.2, 0) is 0 Å². The van der Waals surface area contributed by atoms with Crippen molar-refractivity contribution in [2.24, 2.45) is 17.6 Å². The Morgan fingerprint density at radius 2 is 1.58 bits per heavy atom. The molecule has 0 saturated heterocycles. The van der Waals surface area contributed by atoms with Crippen LogP contribution in [0.15, 0.2) is 0 Å². The van der Waals surface area contributed by atoms with Crippen molar-refractivity contribution in [2.75, 3.05) is 40.3 Å². The maximum absolute atomic E-state index is 9.72. The van der Waals surface area contributed by atoms with Crippen LogP contribution in [0.3, 0.4) is 0 Å². The predicted octanol–water partition coefficient (Wildman–Crippen LogP) is 1.24. The fourth-order valence-corrected chi connectivity index (χ4v) is 2.41. The highest BCUT2D eigenvalue weighted by Crippen LogP contribution is 2.13. The van der Waals surface area contributed by atoms with Crippen LogP contribution in [0.1, 0.15) is 34.1 Å². The van der Waals surface area contributed by atoms with E-state index in [1.807, 2.05) is 0 Å². The first-order valence-corrected chi connectivity index (χ1v) is 7.53. The zero-order valence-corrected chi connectivity index (χ0v) is 13.8. The normalized spacial score (nSPS) is 15.8. The van der Waals surface area contributed by atoms with Crippen molar-refractivity contribution >= 4 is 0 Å². The van der Waals surface area contributed by atoms with Gasteiger partial charge in [-0.3, -0.25) is 4.90 Å². The molecule has 4 heteroatoms. The molecule has 116 valence electrons. The van der Waals surface area contributed by atoms with Crippen molar-refractivity contribution in [2.45, 2.75) is 46.2 Å². The maximum Gasteiger partial charge on any atom is 0.0601 e. The molecule has 0 fully saturated rings. The largest absolute Gasteiger partial charge is 0.395 e. The van der Waals surface area contributed by atoms with Gasteiger partial charge in [-0.15, -0.1) is 0 Å². The first-order chi connectivity index (χ1) is 8.77. The van der Waals surface area contributed by atoms with E-state index in [0.29, 0.717) is 11.8 Å². The average molecular weight is 273 g/mol. The van der Waals surface area contributed by atoms with Gasteiger partial charge in [0.2, 0.25) is 0 Å². The van der Waals surface area contributed by atoms with Crippen molar-refractivity contribution in [3.05, 3.63) is 0 Å². The summed E-state index contributed by atoms with van der Waals surface area (Å²) in [5.41, 5.74) is 6.30. The molecule has 0 saturated carbocycles. The van der Waals surface area contributed by atoms with Gasteiger partial charge in [0.1, 0.15) is 0 Å². The van der Waals surface area contributed by atoms with Gasteiger partial charge in [-0.05, 0) is 32.4 Å². The Morgan fingerprint density at radius 3 is 1.95 bits per heavy atom. The van der Waals surface area contributed by atoms with Crippen molar-refractivity contribution < 1.29 is 5.11 Å². The Balaban J connectivity index is 4.64. The third-order valence-electron chi connectivity index (χ3n) is 3.33. The molecular formula is C15H35N3O. The van der Waals surface area contributed by atoms with E-state index in [1.165, 1.54) is 0 Å². The van der Waals surface area contributed by atoms with Crippen LogP contribution in [-0.4, -0.2) is 67.3 Å². The number of hydrogen-bond donors (Lipinski definition) is 2. The molecule has 0 aromatic heterocycles. The highest BCUT2D eigenvalue weighted by Gasteiger charge is 2.25. The highest BCUT2D eigenvalue weighted by atomic mass is 16.3. The van der Waals surface area contributed by atoms with Gasteiger partial charge in [0.15, 0.2) is 0 Å². The van der Waals surface area contributed by atoms with Gasteiger partial charge in [0.05, 0.1) is 6.61 Å². The summed E-state index contributed by atoms with van der Waals surface area (Å²) in [6, 6.07) is 0.121. The SMILES string of the molecule is CC(C)CC(N)C(CO)N(CCN(C)C)CC(C)C. The van der Waals surface area contributed by atoms with Crippen molar-refractivity contribution in [3.8, 4) is 0 Å². The lowest BCUT2D eigenvalue weighted by molar-refractivity contribution is 0.0821. The van der Waals surface area contributed by atoms with Crippen molar-refractivity contribution in [3.63, 3.8) is 0 Å². The Morgan fingerprint density at radius 1 is 1.00 bits per heavy atom. The second-order valence-electron chi connectivity index (χ2n) is 6.74. The van der Waals surface area contributed by atoms with E-state index < -0.39 is 0 Å². The topological polar surface area (TPSA) is 52.7 Å². The predicted molar refractivity (Wildman–Crippen MR) is 83.3 cm³/mol. The fraction of sp³-hybridized carbons (Fsp3) is 1.00. The van der Waals surface area contributed by atoms with Crippen LogP contribution in [0.25, 0.3) is 0 Å². The van der Waals surface area contributed by atoms with Crippen LogP contribution in [0, 0.1) is 11.8 Å². The molecule has 0 aromatic carbocycles. The zero-order chi connectivity index (χ0) is 15.0. The molecule has 4 nitrogen and oxygen atoms in total. The average Bonchev–Trinajstić information content (AvgIpc) is 2.24. The third kappa shape index (κ3) is 8.58. The second kappa shape index (κ2) is 9.70. The number of nitrogens with zero attached hydrogens (tertiary/aromatic N) is 2. The van der Waals surface area contributed by atoms with Crippen LogP contribution >= 0.6 is 0 Å². The molecule has 3 N–H and O–H groups in total. The first kappa shape index (κ1) is 18.8. The second-order valence-corrected chi connectivity index (χ2v) is 6.74. The number of nitrogens with two attached hydrogens (primary N) is 1. The zero-order valence-electron chi connectivity index (χ0n) is 13.8. The lowest BCUT2D eigenvalue weighted by atomic mass is 9.97. The summed E-state index contributed by atoms with van der Waals surface area (Å²) in [5.74, 6) is 1.15. The van der Waals surface area contributed by atoms with Gasteiger partial charge < -0.3 is 15.7 Å². The maximum atomic E-state index is 9.72. The summed E-state index contributed by atoms with van der Waals surface area (Å²) in [5, 5.41) is 9.72. The minimum atomic E-state index is 0.0471. The molecule has 0 aliphatic carbocycles. The van der Waals surface area contributed by atoms with Gasteiger partial charge in [0, 0.05) is 31.7 Å². The van der Waals surface area contributed by atoms with E-state index in [4.69, 9.17) is 5.73 Å².